The first kappa shape index (κ1) is 14.3. The van der Waals surface area contributed by atoms with Crippen LogP contribution in [0.25, 0.3) is 0 Å². The molecule has 0 bridgehead atoms. The molecule has 1 saturated carbocycles. The number of esters is 1. The molecule has 0 amide bonds. The topological polar surface area (TPSA) is 51.2 Å². The zero-order chi connectivity index (χ0) is 14.0. The molecule has 1 heterocycles. The van der Waals surface area contributed by atoms with Gasteiger partial charge in [-0.15, -0.1) is 0 Å². The normalized spacial score (nSPS) is 15.8. The van der Waals surface area contributed by atoms with Crippen molar-refractivity contribution >= 4 is 27.7 Å². The van der Waals surface area contributed by atoms with Gasteiger partial charge in [-0.05, 0) is 68.1 Å². The van der Waals surface area contributed by atoms with Crippen molar-refractivity contribution in [3.63, 3.8) is 0 Å². The molecule has 5 heteroatoms. The first-order valence-corrected chi connectivity index (χ1v) is 7.30. The second-order valence-electron chi connectivity index (χ2n) is 5.84. The third-order valence-electron chi connectivity index (χ3n) is 2.89. The van der Waals surface area contributed by atoms with Crippen LogP contribution in [0.15, 0.2) is 16.7 Å². The summed E-state index contributed by atoms with van der Waals surface area (Å²) in [5.74, 6) is 0.396. The van der Waals surface area contributed by atoms with Crippen molar-refractivity contribution in [2.24, 2.45) is 0 Å². The fraction of sp³-hybridized carbons (Fsp3) is 0.571. The largest absolute Gasteiger partial charge is 0.456 e. The van der Waals surface area contributed by atoms with Crippen LogP contribution in [-0.2, 0) is 4.74 Å². The van der Waals surface area contributed by atoms with Crippen LogP contribution < -0.4 is 5.32 Å². The van der Waals surface area contributed by atoms with Crippen LogP contribution in [0.4, 0.5) is 5.82 Å². The van der Waals surface area contributed by atoms with E-state index in [4.69, 9.17) is 4.74 Å². The number of nitrogens with one attached hydrogen (secondary N) is 1. The molecule has 0 unspecified atom stereocenters. The van der Waals surface area contributed by atoms with Crippen molar-refractivity contribution in [2.75, 3.05) is 5.32 Å². The van der Waals surface area contributed by atoms with Gasteiger partial charge in [0.25, 0.3) is 0 Å². The molecule has 1 aliphatic rings. The zero-order valence-corrected chi connectivity index (χ0v) is 13.1. The summed E-state index contributed by atoms with van der Waals surface area (Å²) in [5, 5.41) is 3.33. The summed E-state index contributed by atoms with van der Waals surface area (Å²) in [7, 11) is 0. The zero-order valence-electron chi connectivity index (χ0n) is 11.5. The lowest BCUT2D eigenvalue weighted by Gasteiger charge is -2.27. The summed E-state index contributed by atoms with van der Waals surface area (Å²) >= 11 is 3.33. The van der Waals surface area contributed by atoms with Gasteiger partial charge in [-0.2, -0.15) is 0 Å². The molecule has 104 valence electrons. The predicted octanol–water partition coefficient (Wildman–Crippen LogP) is 3.76. The van der Waals surface area contributed by atoms with Gasteiger partial charge in [-0.1, -0.05) is 0 Å². The molecule has 1 aromatic rings. The van der Waals surface area contributed by atoms with Gasteiger partial charge in [0.1, 0.15) is 16.0 Å². The highest BCUT2D eigenvalue weighted by atomic mass is 79.9. The van der Waals surface area contributed by atoms with Crippen LogP contribution in [-0.4, -0.2) is 22.6 Å². The van der Waals surface area contributed by atoms with Crippen LogP contribution in [0.5, 0.6) is 0 Å². The summed E-state index contributed by atoms with van der Waals surface area (Å²) in [4.78, 5) is 16.4. The Balaban J connectivity index is 2.13. The minimum absolute atomic E-state index is 0.327. The number of halogens is 1. The third kappa shape index (κ3) is 4.20. The van der Waals surface area contributed by atoms with Gasteiger partial charge >= 0.3 is 5.97 Å². The van der Waals surface area contributed by atoms with Crippen molar-refractivity contribution in [3.05, 3.63) is 22.3 Å². The number of hydrogen-bond acceptors (Lipinski definition) is 4. The van der Waals surface area contributed by atoms with Gasteiger partial charge in [0.2, 0.25) is 0 Å². The van der Waals surface area contributed by atoms with Gasteiger partial charge in [0.15, 0.2) is 0 Å². The van der Waals surface area contributed by atoms with E-state index in [1.807, 2.05) is 20.8 Å². The number of carbonyl (C=O) groups is 1. The quantitative estimate of drug-likeness (QED) is 0.678. The molecule has 1 fully saturated rings. The van der Waals surface area contributed by atoms with E-state index in [-0.39, 0.29) is 5.97 Å². The second-order valence-corrected chi connectivity index (χ2v) is 6.65. The Kier molecular flexibility index (Phi) is 4.13. The molecular formula is C14H19BrN2O2. The van der Waals surface area contributed by atoms with E-state index in [0.717, 1.165) is 18.7 Å². The Morgan fingerprint density at radius 3 is 2.63 bits per heavy atom. The molecule has 19 heavy (non-hydrogen) atoms. The monoisotopic (exact) mass is 326 g/mol. The Hall–Kier alpha value is -1.10. The molecule has 1 N–H and O–H groups in total. The van der Waals surface area contributed by atoms with Crippen molar-refractivity contribution in [3.8, 4) is 0 Å². The standard InChI is InChI=1S/C14H19BrN2O2/c1-14(2,3)19-13(18)9-7-11(15)17-12(8-9)16-10-5-4-6-10/h7-8,10H,4-6H2,1-3H3,(H,16,17). The number of carbonyl (C=O) groups excluding carboxylic acids is 1. The van der Waals surface area contributed by atoms with Gasteiger partial charge in [0, 0.05) is 6.04 Å². The summed E-state index contributed by atoms with van der Waals surface area (Å²) in [6.45, 7) is 5.57. The number of anilines is 1. The number of pyridine rings is 1. The lowest BCUT2D eigenvalue weighted by Crippen LogP contribution is -2.28. The Bertz CT molecular complexity index is 479. The molecular weight excluding hydrogens is 308 g/mol. The molecule has 0 atom stereocenters. The van der Waals surface area contributed by atoms with Crippen molar-refractivity contribution in [2.45, 2.75) is 51.7 Å². The van der Waals surface area contributed by atoms with Crippen molar-refractivity contribution in [1.29, 1.82) is 0 Å². The summed E-state index contributed by atoms with van der Waals surface area (Å²) in [6.07, 6.45) is 3.58. The summed E-state index contributed by atoms with van der Waals surface area (Å²) in [5.41, 5.74) is 0.0209. The van der Waals surface area contributed by atoms with Crippen LogP contribution in [0, 0.1) is 0 Å². The van der Waals surface area contributed by atoms with E-state index in [9.17, 15) is 4.79 Å². The number of hydrogen-bond donors (Lipinski definition) is 1. The molecule has 0 aromatic carbocycles. The van der Waals surface area contributed by atoms with E-state index in [1.165, 1.54) is 6.42 Å². The Morgan fingerprint density at radius 2 is 2.11 bits per heavy atom. The molecule has 4 nitrogen and oxygen atoms in total. The number of nitrogens with zero attached hydrogens (tertiary/aromatic N) is 1. The van der Waals surface area contributed by atoms with Crippen LogP contribution in [0.3, 0.4) is 0 Å². The Labute approximate surface area is 122 Å². The van der Waals surface area contributed by atoms with E-state index >= 15 is 0 Å². The first-order valence-electron chi connectivity index (χ1n) is 6.51. The SMILES string of the molecule is CC(C)(C)OC(=O)c1cc(Br)nc(NC2CCC2)c1. The highest BCUT2D eigenvalue weighted by Crippen LogP contribution is 2.24. The van der Waals surface area contributed by atoms with Gasteiger partial charge in [-0.25, -0.2) is 9.78 Å². The molecule has 0 spiro atoms. The van der Waals surface area contributed by atoms with Gasteiger partial charge in [-0.3, -0.25) is 0 Å². The van der Waals surface area contributed by atoms with E-state index < -0.39 is 5.60 Å². The smallest absolute Gasteiger partial charge is 0.338 e. The van der Waals surface area contributed by atoms with Crippen LogP contribution in [0.2, 0.25) is 0 Å². The number of aromatic nitrogens is 1. The Morgan fingerprint density at radius 1 is 1.42 bits per heavy atom. The van der Waals surface area contributed by atoms with Crippen LogP contribution in [0.1, 0.15) is 50.4 Å². The lowest BCUT2D eigenvalue weighted by atomic mass is 9.93. The number of rotatable bonds is 3. The van der Waals surface area contributed by atoms with Gasteiger partial charge in [0.05, 0.1) is 5.56 Å². The number of ether oxygens (including phenoxy) is 1. The maximum Gasteiger partial charge on any atom is 0.338 e. The minimum Gasteiger partial charge on any atom is -0.456 e. The highest BCUT2D eigenvalue weighted by Gasteiger charge is 2.21. The fourth-order valence-electron chi connectivity index (χ4n) is 1.79. The first-order chi connectivity index (χ1) is 8.83. The minimum atomic E-state index is -0.492. The average Bonchev–Trinajstić information content (AvgIpc) is 2.20. The van der Waals surface area contributed by atoms with Gasteiger partial charge < -0.3 is 10.1 Å². The molecule has 0 saturated heterocycles. The average molecular weight is 327 g/mol. The molecule has 1 aromatic heterocycles. The second kappa shape index (κ2) is 5.49. The van der Waals surface area contributed by atoms with E-state index in [2.05, 4.69) is 26.2 Å². The molecule has 0 aliphatic heterocycles. The predicted molar refractivity (Wildman–Crippen MR) is 78.4 cm³/mol. The molecule has 0 radical (unpaired) electrons. The molecule has 2 rings (SSSR count). The van der Waals surface area contributed by atoms with Crippen LogP contribution >= 0.6 is 15.9 Å². The summed E-state index contributed by atoms with van der Waals surface area (Å²) < 4.78 is 6.00. The summed E-state index contributed by atoms with van der Waals surface area (Å²) in [6, 6.07) is 3.91. The van der Waals surface area contributed by atoms with E-state index in [0.29, 0.717) is 16.2 Å². The lowest BCUT2D eigenvalue weighted by molar-refractivity contribution is 0.00693. The maximum atomic E-state index is 12.0. The third-order valence-corrected chi connectivity index (χ3v) is 3.29. The highest BCUT2D eigenvalue weighted by molar-refractivity contribution is 9.10. The van der Waals surface area contributed by atoms with Crippen molar-refractivity contribution < 1.29 is 9.53 Å². The van der Waals surface area contributed by atoms with Crippen molar-refractivity contribution in [1.82, 2.24) is 4.98 Å². The fourth-order valence-corrected chi connectivity index (χ4v) is 2.23. The van der Waals surface area contributed by atoms with E-state index in [1.54, 1.807) is 12.1 Å². The maximum absolute atomic E-state index is 12.0. The molecule has 1 aliphatic carbocycles.